The van der Waals surface area contributed by atoms with Gasteiger partial charge in [-0.2, -0.15) is 0 Å². The van der Waals surface area contributed by atoms with Crippen LogP contribution in [0.4, 0.5) is 14.5 Å². The summed E-state index contributed by atoms with van der Waals surface area (Å²) in [5.74, 6) is -2.48. The van der Waals surface area contributed by atoms with Gasteiger partial charge < -0.3 is 19.7 Å². The summed E-state index contributed by atoms with van der Waals surface area (Å²) < 4.78 is 44.8. The third-order valence-corrected chi connectivity index (χ3v) is 7.21. The van der Waals surface area contributed by atoms with Crippen LogP contribution in [0.1, 0.15) is 34.6 Å². The minimum Gasteiger partial charge on any atom is -0.595 e. The molecule has 0 aliphatic carbocycles. The van der Waals surface area contributed by atoms with Gasteiger partial charge >= 0.3 is 11.9 Å². The van der Waals surface area contributed by atoms with E-state index < -0.39 is 43.8 Å². The van der Waals surface area contributed by atoms with Crippen LogP contribution in [0.5, 0.6) is 5.75 Å². The van der Waals surface area contributed by atoms with Crippen LogP contribution in [-0.4, -0.2) is 30.4 Å². The van der Waals surface area contributed by atoms with Crippen molar-refractivity contribution in [2.24, 2.45) is 0 Å². The van der Waals surface area contributed by atoms with Crippen molar-refractivity contribution >= 4 is 52.8 Å². The van der Waals surface area contributed by atoms with E-state index in [0.29, 0.717) is 10.4 Å². The van der Waals surface area contributed by atoms with E-state index in [0.717, 1.165) is 27.8 Å². The molecule has 0 saturated carbocycles. The number of thiophene rings is 1. The van der Waals surface area contributed by atoms with Crippen molar-refractivity contribution in [3.63, 3.8) is 0 Å². The summed E-state index contributed by atoms with van der Waals surface area (Å²) in [5, 5.41) is 3.19. The Kier molecular flexibility index (Phi) is 9.24. The molecule has 39 heavy (non-hydrogen) atoms. The third-order valence-electron chi connectivity index (χ3n) is 5.23. The number of benzene rings is 3. The normalized spacial score (nSPS) is 11.5. The van der Waals surface area contributed by atoms with E-state index >= 15 is 0 Å². The Balaban J connectivity index is 1.47. The average molecular weight is 572 g/mol. The minimum absolute atomic E-state index is 0.157. The number of carbonyl (C=O) groups is 2. The standard InChI is InChI=1S/C28H24F2NO6PS/c1-17(2)36-25(32)14-31-27-22(10-9-21(29)26(27)30)37-38(34)16-19-8-11-23-20(12-19)13-24(39-23)28(33)35-15-18-6-4-3-5-7-18/h3-13,16-17,31H,14-15H2,1-2H3. The molecule has 4 rings (SSSR count). The second-order valence-electron chi connectivity index (χ2n) is 8.60. The Labute approximate surface area is 228 Å². The van der Waals surface area contributed by atoms with Crippen molar-refractivity contribution in [3.05, 3.63) is 94.4 Å². The second kappa shape index (κ2) is 12.8. The first-order valence-electron chi connectivity index (χ1n) is 11.8. The Bertz CT molecular complexity index is 1520. The molecule has 7 nitrogen and oxygen atoms in total. The summed E-state index contributed by atoms with van der Waals surface area (Å²) in [6.07, 6.45) is -0.381. The molecule has 4 aromatic rings. The van der Waals surface area contributed by atoms with Gasteiger partial charge in [0.2, 0.25) is 5.75 Å². The number of nitrogens with one attached hydrogen (secondary N) is 1. The first-order valence-corrected chi connectivity index (χ1v) is 13.9. The molecule has 0 aliphatic heterocycles. The summed E-state index contributed by atoms with van der Waals surface area (Å²) in [5.41, 5.74) is 0.963. The van der Waals surface area contributed by atoms with Crippen LogP contribution in [0.2, 0.25) is 0 Å². The summed E-state index contributed by atoms with van der Waals surface area (Å²) in [6, 6.07) is 18.2. The van der Waals surface area contributed by atoms with Gasteiger partial charge in [0.1, 0.15) is 23.7 Å². The van der Waals surface area contributed by atoms with Gasteiger partial charge in [-0.15, -0.1) is 11.3 Å². The van der Waals surface area contributed by atoms with Crippen molar-refractivity contribution < 1.29 is 37.3 Å². The molecule has 1 heterocycles. The molecule has 0 amide bonds. The molecule has 0 fully saturated rings. The smallest absolute Gasteiger partial charge is 0.348 e. The van der Waals surface area contributed by atoms with Crippen molar-refractivity contribution in [3.8, 4) is 5.75 Å². The molecular weight excluding hydrogens is 547 g/mol. The largest absolute Gasteiger partial charge is 0.595 e. The predicted molar refractivity (Wildman–Crippen MR) is 146 cm³/mol. The maximum atomic E-state index is 14.4. The van der Waals surface area contributed by atoms with E-state index in [1.165, 1.54) is 17.1 Å². The number of rotatable bonds is 10. The first-order chi connectivity index (χ1) is 18.7. The van der Waals surface area contributed by atoms with E-state index in [9.17, 15) is 23.3 Å². The average Bonchev–Trinajstić information content (AvgIpc) is 3.33. The summed E-state index contributed by atoms with van der Waals surface area (Å²) in [7, 11) is -2.51. The van der Waals surface area contributed by atoms with Crippen molar-refractivity contribution in [2.45, 2.75) is 26.6 Å². The van der Waals surface area contributed by atoms with Crippen LogP contribution in [0, 0.1) is 11.6 Å². The van der Waals surface area contributed by atoms with Crippen LogP contribution in [-0.2, 0) is 20.9 Å². The molecule has 11 heteroatoms. The van der Waals surface area contributed by atoms with Crippen molar-refractivity contribution in [2.75, 3.05) is 11.9 Å². The molecule has 1 N–H and O–H groups in total. The highest BCUT2D eigenvalue weighted by Gasteiger charge is 2.20. The zero-order chi connectivity index (χ0) is 27.9. The summed E-state index contributed by atoms with van der Waals surface area (Å²) >= 11 is 1.27. The quantitative estimate of drug-likeness (QED) is 0.190. The maximum Gasteiger partial charge on any atom is 0.348 e. The van der Waals surface area contributed by atoms with Crippen LogP contribution >= 0.6 is 19.3 Å². The lowest BCUT2D eigenvalue weighted by Gasteiger charge is -2.12. The molecule has 1 atom stereocenters. The second-order valence-corrected chi connectivity index (χ2v) is 10.7. The van der Waals surface area contributed by atoms with Crippen LogP contribution in [0.25, 0.3) is 10.1 Å². The third kappa shape index (κ3) is 7.60. The van der Waals surface area contributed by atoms with Gasteiger partial charge in [-0.3, -0.25) is 9.32 Å². The summed E-state index contributed by atoms with van der Waals surface area (Å²) in [6.45, 7) is 3.02. The van der Waals surface area contributed by atoms with Gasteiger partial charge in [0.05, 0.1) is 6.10 Å². The van der Waals surface area contributed by atoms with Gasteiger partial charge in [-0.25, -0.2) is 13.6 Å². The van der Waals surface area contributed by atoms with Crippen molar-refractivity contribution in [1.29, 1.82) is 0 Å². The molecular formula is C28H24F2NO6PS. The first kappa shape index (κ1) is 28.2. The van der Waals surface area contributed by atoms with E-state index in [1.807, 2.05) is 30.3 Å². The number of esters is 2. The number of hydrogen-bond donors (Lipinski definition) is 1. The number of halogens is 2. The molecule has 3 aromatic carbocycles. The number of ether oxygens (including phenoxy) is 2. The van der Waals surface area contributed by atoms with Crippen LogP contribution in [0.3, 0.4) is 0 Å². The predicted octanol–water partition coefficient (Wildman–Crippen LogP) is 5.80. The highest BCUT2D eigenvalue weighted by Crippen LogP contribution is 2.34. The molecule has 202 valence electrons. The zero-order valence-electron chi connectivity index (χ0n) is 21.0. The number of hydrogen-bond acceptors (Lipinski definition) is 8. The minimum atomic E-state index is -2.51. The Morgan fingerprint density at radius 3 is 2.59 bits per heavy atom. The maximum absolute atomic E-state index is 14.4. The lowest BCUT2D eigenvalue weighted by molar-refractivity contribution is -0.165. The SMILES string of the molecule is CC(C)OC(=O)CNc1c(O[P+]([O-])=Cc2ccc3sc(C(=O)OCc4ccccc4)cc3c2)ccc(F)c1F. The van der Waals surface area contributed by atoms with Gasteiger partial charge in [0, 0.05) is 10.3 Å². The van der Waals surface area contributed by atoms with Gasteiger partial charge in [0.25, 0.3) is 8.00 Å². The zero-order valence-corrected chi connectivity index (χ0v) is 22.7. The fourth-order valence-corrected chi connectivity index (χ4v) is 5.26. The number of fused-ring (bicyclic) bond motifs is 1. The Morgan fingerprint density at radius 1 is 1.08 bits per heavy atom. The Morgan fingerprint density at radius 2 is 1.85 bits per heavy atom. The molecule has 0 spiro atoms. The topological polar surface area (TPSA) is 96.9 Å². The summed E-state index contributed by atoms with van der Waals surface area (Å²) in [4.78, 5) is 37.5. The Hall–Kier alpha value is -3.85. The highest BCUT2D eigenvalue weighted by molar-refractivity contribution is 7.45. The van der Waals surface area contributed by atoms with E-state index in [1.54, 1.807) is 38.1 Å². The molecule has 0 saturated heterocycles. The molecule has 1 unspecified atom stereocenters. The van der Waals surface area contributed by atoms with E-state index in [-0.39, 0.29) is 18.5 Å². The number of carbonyl (C=O) groups excluding carboxylic acids is 2. The molecule has 0 aliphatic rings. The molecule has 0 radical (unpaired) electrons. The lowest BCUT2D eigenvalue weighted by Crippen LogP contribution is -2.21. The lowest BCUT2D eigenvalue weighted by atomic mass is 10.2. The van der Waals surface area contributed by atoms with Gasteiger partial charge in [0.15, 0.2) is 17.4 Å². The van der Waals surface area contributed by atoms with Gasteiger partial charge in [-0.1, -0.05) is 30.3 Å². The molecule has 0 bridgehead atoms. The fourth-order valence-electron chi connectivity index (χ4n) is 3.52. The number of anilines is 1. The monoisotopic (exact) mass is 571 g/mol. The molecule has 1 aromatic heterocycles. The highest BCUT2D eigenvalue weighted by atomic mass is 32.1. The van der Waals surface area contributed by atoms with Crippen LogP contribution in [0.15, 0.2) is 66.7 Å². The van der Waals surface area contributed by atoms with Gasteiger partial charge in [-0.05, 0) is 61.2 Å². The fraction of sp³-hybridized carbons (Fsp3) is 0.179. The van der Waals surface area contributed by atoms with Crippen molar-refractivity contribution in [1.82, 2.24) is 0 Å². The van der Waals surface area contributed by atoms with Crippen LogP contribution < -0.4 is 14.7 Å². The van der Waals surface area contributed by atoms with E-state index in [4.69, 9.17) is 14.0 Å². The van der Waals surface area contributed by atoms with E-state index in [2.05, 4.69) is 5.32 Å².